The zero-order valence-electron chi connectivity index (χ0n) is 10.7. The highest BCUT2D eigenvalue weighted by atomic mass is 16.2. The summed E-state index contributed by atoms with van der Waals surface area (Å²) >= 11 is 0. The molecule has 0 atom stereocenters. The second-order valence-corrected chi connectivity index (χ2v) is 4.48. The number of benzene rings is 1. The molecule has 4 heteroatoms. The first-order valence-electron chi connectivity index (χ1n) is 5.82. The topological polar surface area (TPSA) is 58.4 Å². The molecular formula is C13H21N3O. The largest absolute Gasteiger partial charge is 0.336 e. The lowest BCUT2D eigenvalue weighted by molar-refractivity contribution is 0.204. The minimum Gasteiger partial charge on any atom is -0.336 e. The molecule has 0 saturated heterocycles. The van der Waals surface area contributed by atoms with Crippen LogP contribution >= 0.6 is 0 Å². The Bertz CT molecular complexity index is 359. The summed E-state index contributed by atoms with van der Waals surface area (Å²) in [6.45, 7) is 5.04. The fourth-order valence-electron chi connectivity index (χ4n) is 1.48. The van der Waals surface area contributed by atoms with Crippen molar-refractivity contribution < 1.29 is 4.79 Å². The second kappa shape index (κ2) is 6.25. The van der Waals surface area contributed by atoms with Crippen LogP contribution in [0.15, 0.2) is 24.3 Å². The van der Waals surface area contributed by atoms with Crippen molar-refractivity contribution in [2.75, 3.05) is 7.05 Å². The minimum atomic E-state index is -0.0529. The van der Waals surface area contributed by atoms with Crippen molar-refractivity contribution in [1.29, 1.82) is 0 Å². The van der Waals surface area contributed by atoms with Crippen LogP contribution in [0.2, 0.25) is 0 Å². The zero-order valence-corrected chi connectivity index (χ0v) is 10.7. The van der Waals surface area contributed by atoms with Gasteiger partial charge in [-0.15, -0.1) is 0 Å². The zero-order chi connectivity index (χ0) is 12.8. The van der Waals surface area contributed by atoms with Crippen LogP contribution in [0.5, 0.6) is 0 Å². The van der Waals surface area contributed by atoms with E-state index in [9.17, 15) is 4.79 Å². The van der Waals surface area contributed by atoms with Crippen molar-refractivity contribution in [2.45, 2.75) is 33.0 Å². The van der Waals surface area contributed by atoms with Gasteiger partial charge in [-0.25, -0.2) is 4.79 Å². The molecule has 0 radical (unpaired) electrons. The van der Waals surface area contributed by atoms with Crippen molar-refractivity contribution in [1.82, 2.24) is 10.2 Å². The quantitative estimate of drug-likeness (QED) is 0.834. The molecule has 0 aliphatic heterocycles. The van der Waals surface area contributed by atoms with Gasteiger partial charge in [0, 0.05) is 26.2 Å². The Hall–Kier alpha value is -1.55. The molecule has 0 heterocycles. The van der Waals surface area contributed by atoms with Crippen LogP contribution in [0.25, 0.3) is 0 Å². The Morgan fingerprint density at radius 3 is 2.29 bits per heavy atom. The lowest BCUT2D eigenvalue weighted by atomic mass is 10.1. The van der Waals surface area contributed by atoms with Crippen molar-refractivity contribution in [3.63, 3.8) is 0 Å². The Labute approximate surface area is 103 Å². The van der Waals surface area contributed by atoms with E-state index < -0.39 is 0 Å². The highest BCUT2D eigenvalue weighted by Gasteiger charge is 2.09. The highest BCUT2D eigenvalue weighted by molar-refractivity contribution is 5.74. The Morgan fingerprint density at radius 2 is 1.82 bits per heavy atom. The number of amides is 2. The number of hydrogen-bond donors (Lipinski definition) is 2. The van der Waals surface area contributed by atoms with Gasteiger partial charge in [0.2, 0.25) is 0 Å². The maximum absolute atomic E-state index is 11.7. The molecule has 2 amide bonds. The first kappa shape index (κ1) is 13.5. The summed E-state index contributed by atoms with van der Waals surface area (Å²) in [5.74, 6) is 0. The number of rotatable bonds is 4. The summed E-state index contributed by atoms with van der Waals surface area (Å²) < 4.78 is 0. The Balaban J connectivity index is 2.55. The molecule has 0 aliphatic carbocycles. The SMILES string of the molecule is CC(C)NC(=O)N(C)Cc1ccc(CN)cc1. The van der Waals surface area contributed by atoms with Gasteiger partial charge < -0.3 is 16.0 Å². The molecule has 1 rings (SSSR count). The molecule has 0 bridgehead atoms. The maximum atomic E-state index is 11.7. The summed E-state index contributed by atoms with van der Waals surface area (Å²) in [4.78, 5) is 13.3. The van der Waals surface area contributed by atoms with E-state index in [0.717, 1.165) is 11.1 Å². The van der Waals surface area contributed by atoms with Crippen LogP contribution in [-0.2, 0) is 13.1 Å². The lowest BCUT2D eigenvalue weighted by Gasteiger charge is -2.19. The van der Waals surface area contributed by atoms with Gasteiger partial charge in [0.25, 0.3) is 0 Å². The molecule has 94 valence electrons. The number of urea groups is 1. The molecule has 4 nitrogen and oxygen atoms in total. The summed E-state index contributed by atoms with van der Waals surface area (Å²) in [5, 5.41) is 2.85. The van der Waals surface area contributed by atoms with Crippen LogP contribution in [0, 0.1) is 0 Å². The molecule has 17 heavy (non-hydrogen) atoms. The molecule has 3 N–H and O–H groups in total. The van der Waals surface area contributed by atoms with Gasteiger partial charge in [-0.05, 0) is 25.0 Å². The monoisotopic (exact) mass is 235 g/mol. The van der Waals surface area contributed by atoms with E-state index in [1.54, 1.807) is 11.9 Å². The van der Waals surface area contributed by atoms with Crippen LogP contribution in [0.4, 0.5) is 4.79 Å². The van der Waals surface area contributed by atoms with Gasteiger partial charge in [-0.2, -0.15) is 0 Å². The molecular weight excluding hydrogens is 214 g/mol. The molecule has 0 fully saturated rings. The predicted molar refractivity (Wildman–Crippen MR) is 69.5 cm³/mol. The van der Waals surface area contributed by atoms with E-state index in [0.29, 0.717) is 13.1 Å². The number of nitrogens with zero attached hydrogens (tertiary/aromatic N) is 1. The molecule has 0 aliphatic rings. The first-order chi connectivity index (χ1) is 8.02. The van der Waals surface area contributed by atoms with Crippen LogP contribution in [-0.4, -0.2) is 24.0 Å². The lowest BCUT2D eigenvalue weighted by Crippen LogP contribution is -2.40. The molecule has 0 spiro atoms. The highest BCUT2D eigenvalue weighted by Crippen LogP contribution is 2.06. The van der Waals surface area contributed by atoms with Gasteiger partial charge in [0.1, 0.15) is 0 Å². The van der Waals surface area contributed by atoms with E-state index in [-0.39, 0.29) is 12.1 Å². The van der Waals surface area contributed by atoms with Crippen molar-refractivity contribution in [2.24, 2.45) is 5.73 Å². The normalized spacial score (nSPS) is 10.4. The van der Waals surface area contributed by atoms with Crippen molar-refractivity contribution in [3.05, 3.63) is 35.4 Å². The van der Waals surface area contributed by atoms with Gasteiger partial charge in [0.05, 0.1) is 0 Å². The smallest absolute Gasteiger partial charge is 0.317 e. The van der Waals surface area contributed by atoms with Gasteiger partial charge in [-0.3, -0.25) is 0 Å². The first-order valence-corrected chi connectivity index (χ1v) is 5.82. The summed E-state index contributed by atoms with van der Waals surface area (Å²) in [6.07, 6.45) is 0. The van der Waals surface area contributed by atoms with Crippen LogP contribution in [0.3, 0.4) is 0 Å². The number of hydrogen-bond acceptors (Lipinski definition) is 2. The predicted octanol–water partition coefficient (Wildman–Crippen LogP) is 1.70. The standard InChI is InChI=1S/C13H21N3O/c1-10(2)15-13(17)16(3)9-12-6-4-11(8-14)5-7-12/h4-7,10H,8-9,14H2,1-3H3,(H,15,17). The number of nitrogens with two attached hydrogens (primary N) is 1. The third-order valence-electron chi connectivity index (χ3n) is 2.44. The van der Waals surface area contributed by atoms with Crippen LogP contribution in [0.1, 0.15) is 25.0 Å². The third-order valence-corrected chi connectivity index (χ3v) is 2.44. The minimum absolute atomic E-state index is 0.0529. The Kier molecular flexibility index (Phi) is 4.97. The average Bonchev–Trinajstić information content (AvgIpc) is 2.29. The van der Waals surface area contributed by atoms with Crippen LogP contribution < -0.4 is 11.1 Å². The van der Waals surface area contributed by atoms with E-state index in [1.165, 1.54) is 0 Å². The molecule has 1 aromatic rings. The van der Waals surface area contributed by atoms with Crippen molar-refractivity contribution in [3.8, 4) is 0 Å². The summed E-state index contributed by atoms with van der Waals surface area (Å²) in [7, 11) is 1.79. The molecule has 0 saturated carbocycles. The summed E-state index contributed by atoms with van der Waals surface area (Å²) in [6, 6.07) is 8.09. The number of carbonyl (C=O) groups excluding carboxylic acids is 1. The van der Waals surface area contributed by atoms with E-state index in [2.05, 4.69) is 5.32 Å². The molecule has 1 aromatic carbocycles. The summed E-state index contributed by atoms with van der Waals surface area (Å²) in [5.41, 5.74) is 7.73. The fourth-order valence-corrected chi connectivity index (χ4v) is 1.48. The van der Waals surface area contributed by atoms with Gasteiger partial charge in [0.15, 0.2) is 0 Å². The van der Waals surface area contributed by atoms with E-state index >= 15 is 0 Å². The maximum Gasteiger partial charge on any atom is 0.317 e. The number of carbonyl (C=O) groups is 1. The average molecular weight is 235 g/mol. The van der Waals surface area contributed by atoms with E-state index in [1.807, 2.05) is 38.1 Å². The molecule has 0 aromatic heterocycles. The number of nitrogens with one attached hydrogen (secondary N) is 1. The Morgan fingerprint density at radius 1 is 1.29 bits per heavy atom. The second-order valence-electron chi connectivity index (χ2n) is 4.48. The third kappa shape index (κ3) is 4.44. The fraction of sp³-hybridized carbons (Fsp3) is 0.462. The van der Waals surface area contributed by atoms with Gasteiger partial charge in [-0.1, -0.05) is 24.3 Å². The van der Waals surface area contributed by atoms with Gasteiger partial charge >= 0.3 is 6.03 Å². The van der Waals surface area contributed by atoms with E-state index in [4.69, 9.17) is 5.73 Å². The molecule has 0 unspecified atom stereocenters. The van der Waals surface area contributed by atoms with Crippen molar-refractivity contribution >= 4 is 6.03 Å².